The normalized spacial score (nSPS) is 10.6. The number of halogens is 2. The summed E-state index contributed by atoms with van der Waals surface area (Å²) < 4.78 is 15.1. The van der Waals surface area contributed by atoms with Gasteiger partial charge in [0, 0.05) is 6.08 Å². The number of hydrogen-bond donors (Lipinski definition) is 0. The highest BCUT2D eigenvalue weighted by molar-refractivity contribution is 6.43. The SMILES string of the molecule is COC(=O)/C=C/c1ccc(OC(=O)c2cccc(Cl)c2Cl)c(OC)c1. The van der Waals surface area contributed by atoms with Crippen molar-refractivity contribution in [3.8, 4) is 11.5 Å². The minimum absolute atomic E-state index is 0.116. The number of rotatable bonds is 5. The van der Waals surface area contributed by atoms with E-state index in [0.29, 0.717) is 11.3 Å². The van der Waals surface area contributed by atoms with Crippen molar-refractivity contribution in [1.82, 2.24) is 0 Å². The van der Waals surface area contributed by atoms with E-state index in [2.05, 4.69) is 4.74 Å². The second kappa shape index (κ2) is 8.55. The maximum atomic E-state index is 12.3. The molecular formula is C18H14Cl2O5. The van der Waals surface area contributed by atoms with Crippen LogP contribution in [0.15, 0.2) is 42.5 Å². The summed E-state index contributed by atoms with van der Waals surface area (Å²) in [5.74, 6) is -0.619. The number of carbonyl (C=O) groups excluding carboxylic acids is 2. The number of ether oxygens (including phenoxy) is 3. The summed E-state index contributed by atoms with van der Waals surface area (Å²) in [6, 6.07) is 9.50. The molecule has 0 aliphatic rings. The van der Waals surface area contributed by atoms with Crippen molar-refractivity contribution in [2.24, 2.45) is 0 Å². The number of benzene rings is 2. The van der Waals surface area contributed by atoms with Gasteiger partial charge in [0.05, 0.1) is 29.8 Å². The van der Waals surface area contributed by atoms with Crippen LogP contribution in [0.2, 0.25) is 10.0 Å². The van der Waals surface area contributed by atoms with E-state index < -0.39 is 11.9 Å². The van der Waals surface area contributed by atoms with Crippen molar-refractivity contribution < 1.29 is 23.8 Å². The molecule has 2 aromatic carbocycles. The van der Waals surface area contributed by atoms with Gasteiger partial charge in [0.25, 0.3) is 0 Å². The van der Waals surface area contributed by atoms with Crippen LogP contribution in [-0.2, 0) is 9.53 Å². The first-order chi connectivity index (χ1) is 12.0. The molecule has 0 radical (unpaired) electrons. The predicted molar refractivity (Wildman–Crippen MR) is 95.5 cm³/mol. The highest BCUT2D eigenvalue weighted by Crippen LogP contribution is 2.31. The van der Waals surface area contributed by atoms with Crippen LogP contribution in [0, 0.1) is 0 Å². The Morgan fingerprint density at radius 2 is 1.80 bits per heavy atom. The van der Waals surface area contributed by atoms with Crippen molar-refractivity contribution >= 4 is 41.2 Å². The van der Waals surface area contributed by atoms with E-state index in [-0.39, 0.29) is 21.4 Å². The van der Waals surface area contributed by atoms with E-state index in [1.165, 1.54) is 26.4 Å². The summed E-state index contributed by atoms with van der Waals surface area (Å²) in [7, 11) is 2.73. The van der Waals surface area contributed by atoms with Crippen LogP contribution in [0.25, 0.3) is 6.08 Å². The molecule has 130 valence electrons. The fourth-order valence-corrected chi connectivity index (χ4v) is 2.30. The average Bonchev–Trinajstić information content (AvgIpc) is 2.62. The smallest absolute Gasteiger partial charge is 0.345 e. The van der Waals surface area contributed by atoms with E-state index in [0.717, 1.165) is 0 Å². The van der Waals surface area contributed by atoms with Gasteiger partial charge in [-0.2, -0.15) is 0 Å². The monoisotopic (exact) mass is 380 g/mol. The molecule has 0 N–H and O–H groups in total. The highest BCUT2D eigenvalue weighted by atomic mass is 35.5. The molecule has 0 aromatic heterocycles. The van der Waals surface area contributed by atoms with Crippen LogP contribution < -0.4 is 9.47 Å². The first-order valence-electron chi connectivity index (χ1n) is 7.06. The molecule has 0 fully saturated rings. The molecule has 0 heterocycles. The Morgan fingerprint density at radius 3 is 2.48 bits per heavy atom. The Morgan fingerprint density at radius 1 is 1.04 bits per heavy atom. The first-order valence-corrected chi connectivity index (χ1v) is 7.82. The van der Waals surface area contributed by atoms with Crippen molar-refractivity contribution in [3.63, 3.8) is 0 Å². The van der Waals surface area contributed by atoms with Gasteiger partial charge in [0.2, 0.25) is 0 Å². The third-order valence-electron chi connectivity index (χ3n) is 3.17. The van der Waals surface area contributed by atoms with E-state index in [4.69, 9.17) is 32.7 Å². The highest BCUT2D eigenvalue weighted by Gasteiger charge is 2.17. The van der Waals surface area contributed by atoms with Crippen molar-refractivity contribution in [2.75, 3.05) is 14.2 Å². The molecule has 0 spiro atoms. The third-order valence-corrected chi connectivity index (χ3v) is 3.99. The van der Waals surface area contributed by atoms with E-state index in [1.807, 2.05) is 0 Å². The molecule has 0 amide bonds. The molecule has 25 heavy (non-hydrogen) atoms. The first kappa shape index (κ1) is 18.8. The summed E-state index contributed by atoms with van der Waals surface area (Å²) in [6.07, 6.45) is 2.82. The quantitative estimate of drug-likeness (QED) is 0.436. The van der Waals surface area contributed by atoms with Gasteiger partial charge in [-0.15, -0.1) is 0 Å². The van der Waals surface area contributed by atoms with Crippen LogP contribution in [0.3, 0.4) is 0 Å². The molecule has 0 saturated carbocycles. The molecule has 0 atom stereocenters. The van der Waals surface area contributed by atoms with Crippen LogP contribution in [0.5, 0.6) is 11.5 Å². The summed E-state index contributed by atoms with van der Waals surface area (Å²) in [5, 5.41) is 0.372. The number of hydrogen-bond acceptors (Lipinski definition) is 5. The maximum Gasteiger partial charge on any atom is 0.345 e. The molecule has 2 aromatic rings. The second-order valence-electron chi connectivity index (χ2n) is 4.76. The fraction of sp³-hybridized carbons (Fsp3) is 0.111. The van der Waals surface area contributed by atoms with Gasteiger partial charge in [0.1, 0.15) is 0 Å². The molecule has 0 unspecified atom stereocenters. The van der Waals surface area contributed by atoms with Crippen LogP contribution in [-0.4, -0.2) is 26.2 Å². The molecule has 0 saturated heterocycles. The van der Waals surface area contributed by atoms with Gasteiger partial charge in [-0.05, 0) is 35.9 Å². The van der Waals surface area contributed by atoms with E-state index in [1.54, 1.807) is 36.4 Å². The fourth-order valence-electron chi connectivity index (χ4n) is 1.92. The standard InChI is InChI=1S/C18H14Cl2O5/c1-23-15-10-11(7-9-16(21)24-2)6-8-14(15)25-18(22)12-4-3-5-13(19)17(12)20/h3-10H,1-2H3/b9-7+. The number of esters is 2. The summed E-state index contributed by atoms with van der Waals surface area (Å²) in [4.78, 5) is 23.4. The lowest BCUT2D eigenvalue weighted by molar-refractivity contribution is -0.134. The van der Waals surface area contributed by atoms with E-state index >= 15 is 0 Å². The van der Waals surface area contributed by atoms with Gasteiger partial charge in [0.15, 0.2) is 11.5 Å². The van der Waals surface area contributed by atoms with Crippen molar-refractivity contribution in [1.29, 1.82) is 0 Å². The van der Waals surface area contributed by atoms with Gasteiger partial charge >= 0.3 is 11.9 Å². The lowest BCUT2D eigenvalue weighted by Crippen LogP contribution is -2.10. The van der Waals surface area contributed by atoms with Gasteiger partial charge < -0.3 is 14.2 Å². The molecule has 0 bridgehead atoms. The van der Waals surface area contributed by atoms with Gasteiger partial charge in [-0.25, -0.2) is 9.59 Å². The minimum Gasteiger partial charge on any atom is -0.493 e. The summed E-state index contributed by atoms with van der Waals surface area (Å²) >= 11 is 11.9. The minimum atomic E-state index is -0.663. The molecule has 7 heteroatoms. The number of carbonyl (C=O) groups is 2. The molecule has 0 aliphatic carbocycles. The number of methoxy groups -OCH3 is 2. The Kier molecular flexibility index (Phi) is 6.44. The van der Waals surface area contributed by atoms with Crippen molar-refractivity contribution in [2.45, 2.75) is 0 Å². The maximum absolute atomic E-state index is 12.3. The lowest BCUT2D eigenvalue weighted by Gasteiger charge is -2.11. The average molecular weight is 381 g/mol. The van der Waals surface area contributed by atoms with Gasteiger partial charge in [-0.3, -0.25) is 0 Å². The zero-order valence-electron chi connectivity index (χ0n) is 13.4. The molecular weight excluding hydrogens is 367 g/mol. The summed E-state index contributed by atoms with van der Waals surface area (Å²) in [6.45, 7) is 0. The predicted octanol–water partition coefficient (Wildman–Crippen LogP) is 4.41. The molecule has 0 aliphatic heterocycles. The zero-order valence-corrected chi connectivity index (χ0v) is 14.9. The van der Waals surface area contributed by atoms with Crippen LogP contribution in [0.1, 0.15) is 15.9 Å². The third kappa shape index (κ3) is 4.75. The second-order valence-corrected chi connectivity index (χ2v) is 5.54. The Labute approximate surface area is 154 Å². The van der Waals surface area contributed by atoms with Gasteiger partial charge in [-0.1, -0.05) is 35.3 Å². The largest absolute Gasteiger partial charge is 0.493 e. The summed E-state index contributed by atoms with van der Waals surface area (Å²) in [5.41, 5.74) is 0.814. The Balaban J connectivity index is 2.24. The van der Waals surface area contributed by atoms with Crippen LogP contribution in [0.4, 0.5) is 0 Å². The lowest BCUT2D eigenvalue weighted by atomic mass is 10.2. The van der Waals surface area contributed by atoms with Crippen molar-refractivity contribution in [3.05, 3.63) is 63.6 Å². The Hall–Kier alpha value is -2.50. The molecule has 2 rings (SSSR count). The molecule has 5 nitrogen and oxygen atoms in total. The van der Waals surface area contributed by atoms with E-state index in [9.17, 15) is 9.59 Å². The van der Waals surface area contributed by atoms with Crippen LogP contribution >= 0.6 is 23.2 Å². The Bertz CT molecular complexity index is 830. The topological polar surface area (TPSA) is 61.8 Å². The zero-order chi connectivity index (χ0) is 18.4.